The summed E-state index contributed by atoms with van der Waals surface area (Å²) in [7, 11) is 3.27. The number of hydrogen-bond donors (Lipinski definition) is 0. The summed E-state index contributed by atoms with van der Waals surface area (Å²) in [5.41, 5.74) is 2.84. The van der Waals surface area contributed by atoms with E-state index < -0.39 is 0 Å². The van der Waals surface area contributed by atoms with Gasteiger partial charge < -0.3 is 9.47 Å². The number of rotatable bonds is 3. The van der Waals surface area contributed by atoms with Gasteiger partial charge in [-0.15, -0.1) is 0 Å². The molecule has 2 heterocycles. The maximum atomic E-state index is 5.29. The Hall–Kier alpha value is -2.62. The van der Waals surface area contributed by atoms with Crippen molar-refractivity contribution >= 4 is 10.8 Å². The highest BCUT2D eigenvalue weighted by Crippen LogP contribution is 2.27. The van der Waals surface area contributed by atoms with Crippen LogP contribution in [0.1, 0.15) is 5.69 Å². The van der Waals surface area contributed by atoms with E-state index in [1.807, 2.05) is 43.3 Å². The molecule has 4 heteroatoms. The summed E-state index contributed by atoms with van der Waals surface area (Å²) in [5, 5.41) is 2.23. The van der Waals surface area contributed by atoms with Gasteiger partial charge in [0.15, 0.2) is 0 Å². The zero-order chi connectivity index (χ0) is 14.8. The smallest absolute Gasteiger partial charge is 0.212 e. The zero-order valence-corrected chi connectivity index (χ0v) is 12.3. The number of nitrogens with zero attached hydrogens (tertiary/aromatic N) is 2. The minimum absolute atomic E-state index is 0.595. The summed E-state index contributed by atoms with van der Waals surface area (Å²) in [6, 6.07) is 11.8. The number of aromatic nitrogens is 2. The number of methoxy groups -OCH3 is 2. The molecular formula is C17H16N2O2. The monoisotopic (exact) mass is 280 g/mol. The largest absolute Gasteiger partial charge is 0.497 e. The normalized spacial score (nSPS) is 10.6. The Bertz CT molecular complexity index is 783. The Balaban J connectivity index is 2.13. The van der Waals surface area contributed by atoms with Crippen LogP contribution in [0.5, 0.6) is 11.6 Å². The summed E-state index contributed by atoms with van der Waals surface area (Å²) in [6.45, 7) is 2.01. The number of hydrogen-bond acceptors (Lipinski definition) is 4. The third-order valence-electron chi connectivity index (χ3n) is 3.47. The lowest BCUT2D eigenvalue weighted by Gasteiger charge is -2.08. The van der Waals surface area contributed by atoms with E-state index in [0.29, 0.717) is 5.88 Å². The lowest BCUT2D eigenvalue weighted by Crippen LogP contribution is -1.92. The highest BCUT2D eigenvalue weighted by atomic mass is 16.5. The Morgan fingerprint density at radius 2 is 1.81 bits per heavy atom. The first-order valence-electron chi connectivity index (χ1n) is 6.67. The molecule has 3 rings (SSSR count). The first-order chi connectivity index (χ1) is 10.2. The van der Waals surface area contributed by atoms with Crippen molar-refractivity contribution in [1.82, 2.24) is 9.97 Å². The molecule has 3 aromatic rings. The van der Waals surface area contributed by atoms with Gasteiger partial charge in [-0.1, -0.05) is 0 Å². The van der Waals surface area contributed by atoms with Gasteiger partial charge in [-0.25, -0.2) is 4.98 Å². The Morgan fingerprint density at radius 3 is 2.48 bits per heavy atom. The van der Waals surface area contributed by atoms with Gasteiger partial charge in [0.2, 0.25) is 5.88 Å². The second-order valence-corrected chi connectivity index (χ2v) is 4.77. The van der Waals surface area contributed by atoms with Gasteiger partial charge in [0.1, 0.15) is 5.75 Å². The average Bonchev–Trinajstić information content (AvgIpc) is 2.54. The first kappa shape index (κ1) is 13.4. The fraction of sp³-hybridized carbons (Fsp3) is 0.176. The second kappa shape index (κ2) is 5.40. The second-order valence-electron chi connectivity index (χ2n) is 4.77. The molecule has 0 saturated carbocycles. The van der Waals surface area contributed by atoms with E-state index in [1.54, 1.807) is 20.4 Å². The van der Waals surface area contributed by atoms with Crippen molar-refractivity contribution in [1.29, 1.82) is 0 Å². The van der Waals surface area contributed by atoms with Crippen molar-refractivity contribution in [2.45, 2.75) is 6.92 Å². The standard InChI is InChI=1S/C17H16N2O2/c1-11-15-6-5-14(20-2)8-13(15)9-16(19-11)12-4-7-17(21-3)18-10-12/h4-10H,1-3H3. The van der Waals surface area contributed by atoms with Crippen LogP contribution in [0.4, 0.5) is 0 Å². The van der Waals surface area contributed by atoms with E-state index in [0.717, 1.165) is 33.5 Å². The molecule has 0 aliphatic rings. The molecule has 0 saturated heterocycles. The molecule has 0 N–H and O–H groups in total. The predicted octanol–water partition coefficient (Wildman–Crippen LogP) is 3.62. The summed E-state index contributed by atoms with van der Waals surface area (Å²) in [6.07, 6.45) is 1.77. The molecule has 21 heavy (non-hydrogen) atoms. The van der Waals surface area contributed by atoms with Gasteiger partial charge in [-0.05, 0) is 42.6 Å². The minimum atomic E-state index is 0.595. The van der Waals surface area contributed by atoms with E-state index in [-0.39, 0.29) is 0 Å². The van der Waals surface area contributed by atoms with Crippen molar-refractivity contribution in [3.05, 3.63) is 48.3 Å². The van der Waals surface area contributed by atoms with E-state index in [1.165, 1.54) is 0 Å². The number of ether oxygens (including phenoxy) is 2. The van der Waals surface area contributed by atoms with Crippen LogP contribution < -0.4 is 9.47 Å². The van der Waals surface area contributed by atoms with Gasteiger partial charge in [0.25, 0.3) is 0 Å². The Kier molecular flexibility index (Phi) is 3.44. The van der Waals surface area contributed by atoms with Crippen molar-refractivity contribution in [3.8, 4) is 22.9 Å². The maximum Gasteiger partial charge on any atom is 0.212 e. The zero-order valence-electron chi connectivity index (χ0n) is 12.3. The molecular weight excluding hydrogens is 264 g/mol. The molecule has 2 aromatic heterocycles. The molecule has 0 aliphatic heterocycles. The predicted molar refractivity (Wildman–Crippen MR) is 82.8 cm³/mol. The topological polar surface area (TPSA) is 44.2 Å². The Labute approximate surface area is 123 Å². The summed E-state index contributed by atoms with van der Waals surface area (Å²) in [5.74, 6) is 1.44. The number of pyridine rings is 2. The van der Waals surface area contributed by atoms with E-state index >= 15 is 0 Å². The fourth-order valence-corrected chi connectivity index (χ4v) is 2.34. The summed E-state index contributed by atoms with van der Waals surface area (Å²) < 4.78 is 10.4. The van der Waals surface area contributed by atoms with Gasteiger partial charge in [0, 0.05) is 28.9 Å². The maximum absolute atomic E-state index is 5.29. The van der Waals surface area contributed by atoms with E-state index in [9.17, 15) is 0 Å². The van der Waals surface area contributed by atoms with Crippen LogP contribution in [0, 0.1) is 6.92 Å². The molecule has 1 aromatic carbocycles. The summed E-state index contributed by atoms with van der Waals surface area (Å²) in [4.78, 5) is 8.89. The lowest BCUT2D eigenvalue weighted by molar-refractivity contribution is 0.398. The van der Waals surface area contributed by atoms with Crippen LogP contribution in [0.2, 0.25) is 0 Å². The van der Waals surface area contributed by atoms with Gasteiger partial charge in [-0.2, -0.15) is 0 Å². The van der Waals surface area contributed by atoms with Crippen molar-refractivity contribution in [3.63, 3.8) is 0 Å². The molecule has 0 atom stereocenters. The van der Waals surface area contributed by atoms with Gasteiger partial charge in [0.05, 0.1) is 19.9 Å². The summed E-state index contributed by atoms with van der Waals surface area (Å²) >= 11 is 0. The molecule has 0 radical (unpaired) electrons. The minimum Gasteiger partial charge on any atom is -0.497 e. The molecule has 0 spiro atoms. The van der Waals surface area contributed by atoms with Crippen LogP contribution in [-0.2, 0) is 0 Å². The van der Waals surface area contributed by atoms with Crippen molar-refractivity contribution < 1.29 is 9.47 Å². The van der Waals surface area contributed by atoms with E-state index in [2.05, 4.69) is 9.97 Å². The van der Waals surface area contributed by atoms with E-state index in [4.69, 9.17) is 9.47 Å². The molecule has 0 fully saturated rings. The Morgan fingerprint density at radius 1 is 0.952 bits per heavy atom. The van der Waals surface area contributed by atoms with Crippen molar-refractivity contribution in [2.75, 3.05) is 14.2 Å². The highest BCUT2D eigenvalue weighted by molar-refractivity contribution is 5.88. The van der Waals surface area contributed by atoms with Gasteiger partial charge >= 0.3 is 0 Å². The van der Waals surface area contributed by atoms with Crippen LogP contribution in [-0.4, -0.2) is 24.2 Å². The van der Waals surface area contributed by atoms with Crippen LogP contribution in [0.3, 0.4) is 0 Å². The number of aryl methyl sites for hydroxylation is 1. The van der Waals surface area contributed by atoms with Crippen LogP contribution >= 0.6 is 0 Å². The highest BCUT2D eigenvalue weighted by Gasteiger charge is 2.07. The lowest BCUT2D eigenvalue weighted by atomic mass is 10.1. The first-order valence-corrected chi connectivity index (χ1v) is 6.67. The third-order valence-corrected chi connectivity index (χ3v) is 3.47. The SMILES string of the molecule is COc1ccc2c(C)nc(-c3ccc(OC)nc3)cc2c1. The quantitative estimate of drug-likeness (QED) is 0.735. The molecule has 0 amide bonds. The average molecular weight is 280 g/mol. The molecule has 0 aliphatic carbocycles. The molecule has 0 unspecified atom stereocenters. The number of fused-ring (bicyclic) bond motifs is 1. The van der Waals surface area contributed by atoms with Crippen LogP contribution in [0.15, 0.2) is 42.6 Å². The van der Waals surface area contributed by atoms with Crippen LogP contribution in [0.25, 0.3) is 22.0 Å². The molecule has 106 valence electrons. The molecule has 0 bridgehead atoms. The fourth-order valence-electron chi connectivity index (χ4n) is 2.34. The molecule has 4 nitrogen and oxygen atoms in total. The third kappa shape index (κ3) is 2.52. The van der Waals surface area contributed by atoms with Crippen molar-refractivity contribution in [2.24, 2.45) is 0 Å². The number of benzene rings is 1. The van der Waals surface area contributed by atoms with Gasteiger partial charge in [-0.3, -0.25) is 4.98 Å².